The highest BCUT2D eigenvalue weighted by molar-refractivity contribution is 6.09. The van der Waals surface area contributed by atoms with Crippen molar-refractivity contribution in [1.29, 1.82) is 0 Å². The van der Waals surface area contributed by atoms with E-state index >= 15 is 0 Å². The van der Waals surface area contributed by atoms with Gasteiger partial charge in [0.2, 0.25) is 0 Å². The third kappa shape index (κ3) is 4.03. The van der Waals surface area contributed by atoms with E-state index in [1.807, 2.05) is 37.5 Å². The molecule has 0 aliphatic heterocycles. The Balaban J connectivity index is 1.96. The zero-order valence-electron chi connectivity index (χ0n) is 17.7. The lowest BCUT2D eigenvalue weighted by molar-refractivity contribution is 0.351. The molecular formula is C22H27N7O. The number of hydrogen-bond donors (Lipinski definition) is 2. The zero-order chi connectivity index (χ0) is 21.9. The van der Waals surface area contributed by atoms with E-state index in [4.69, 9.17) is 16.0 Å². The van der Waals surface area contributed by atoms with Crippen molar-refractivity contribution in [3.05, 3.63) is 72.2 Å². The lowest BCUT2D eigenvalue weighted by Gasteiger charge is -2.31. The van der Waals surface area contributed by atoms with Crippen LogP contribution in [0.15, 0.2) is 64.8 Å². The third-order valence-corrected chi connectivity index (χ3v) is 5.36. The average Bonchev–Trinajstić information content (AvgIpc) is 3.37. The molecule has 4 N–H and O–H groups in total. The van der Waals surface area contributed by atoms with Crippen LogP contribution >= 0.6 is 0 Å². The van der Waals surface area contributed by atoms with E-state index in [0.717, 1.165) is 22.3 Å². The largest absolute Gasteiger partial charge is 0.404 e. The molecule has 8 nitrogen and oxygen atoms in total. The van der Waals surface area contributed by atoms with E-state index in [9.17, 15) is 0 Å². The van der Waals surface area contributed by atoms with Crippen LogP contribution in [0.25, 0.3) is 17.0 Å². The fourth-order valence-electron chi connectivity index (χ4n) is 3.18. The first-order valence-corrected chi connectivity index (χ1v) is 9.60. The van der Waals surface area contributed by atoms with Gasteiger partial charge in [-0.25, -0.2) is 4.99 Å². The first-order valence-electron chi connectivity index (χ1n) is 9.60. The molecule has 1 atom stereocenters. The minimum absolute atomic E-state index is 0.217. The minimum Gasteiger partial charge on any atom is -0.404 e. The monoisotopic (exact) mass is 405 g/mol. The average molecular weight is 406 g/mol. The predicted octanol–water partition coefficient (Wildman–Crippen LogP) is 3.23. The van der Waals surface area contributed by atoms with Crippen LogP contribution in [-0.4, -0.2) is 26.1 Å². The number of nitrogens with two attached hydrogens (primary N) is 2. The van der Waals surface area contributed by atoms with Crippen molar-refractivity contribution in [2.24, 2.45) is 29.4 Å². The SMILES string of the molecule is C=C(N)/N=C\C(=C/N)c1ccc([C@](C)(c2noc(-c3cnn(C)c3)n2)C(C)C)cc1. The second kappa shape index (κ2) is 8.36. The fraction of sp³-hybridized carbons (Fsp3) is 0.273. The van der Waals surface area contributed by atoms with Crippen LogP contribution in [0.3, 0.4) is 0 Å². The second-order valence-electron chi connectivity index (χ2n) is 7.63. The number of nitrogens with zero attached hydrogens (tertiary/aromatic N) is 5. The van der Waals surface area contributed by atoms with E-state index in [2.05, 4.69) is 47.6 Å². The maximum absolute atomic E-state index is 5.75. The van der Waals surface area contributed by atoms with Crippen molar-refractivity contribution >= 4 is 11.8 Å². The van der Waals surface area contributed by atoms with Gasteiger partial charge in [-0.3, -0.25) is 4.68 Å². The van der Waals surface area contributed by atoms with Crippen molar-refractivity contribution < 1.29 is 4.52 Å². The Morgan fingerprint density at radius 3 is 2.53 bits per heavy atom. The first-order chi connectivity index (χ1) is 14.3. The van der Waals surface area contributed by atoms with E-state index < -0.39 is 5.41 Å². The summed E-state index contributed by atoms with van der Waals surface area (Å²) in [7, 11) is 1.85. The van der Waals surface area contributed by atoms with Gasteiger partial charge in [-0.1, -0.05) is 49.8 Å². The van der Waals surface area contributed by atoms with E-state index in [-0.39, 0.29) is 11.7 Å². The molecule has 0 amide bonds. The van der Waals surface area contributed by atoms with Gasteiger partial charge in [0.1, 0.15) is 5.82 Å². The highest BCUT2D eigenvalue weighted by Gasteiger charge is 2.37. The van der Waals surface area contributed by atoms with Crippen molar-refractivity contribution in [3.63, 3.8) is 0 Å². The molecule has 8 heteroatoms. The maximum Gasteiger partial charge on any atom is 0.261 e. The van der Waals surface area contributed by atoms with Crippen LogP contribution in [0.4, 0.5) is 0 Å². The second-order valence-corrected chi connectivity index (χ2v) is 7.63. The summed E-state index contributed by atoms with van der Waals surface area (Å²) in [4.78, 5) is 8.70. The van der Waals surface area contributed by atoms with Gasteiger partial charge in [-0.2, -0.15) is 10.1 Å². The lowest BCUT2D eigenvalue weighted by atomic mass is 9.72. The van der Waals surface area contributed by atoms with Gasteiger partial charge in [0.05, 0.1) is 17.2 Å². The molecule has 30 heavy (non-hydrogen) atoms. The van der Waals surface area contributed by atoms with E-state index in [1.54, 1.807) is 17.1 Å². The van der Waals surface area contributed by atoms with E-state index in [0.29, 0.717) is 11.7 Å². The number of rotatable bonds is 7. The van der Waals surface area contributed by atoms with Crippen LogP contribution in [0, 0.1) is 5.92 Å². The van der Waals surface area contributed by atoms with Crippen LogP contribution < -0.4 is 11.5 Å². The van der Waals surface area contributed by atoms with Crippen molar-refractivity contribution in [1.82, 2.24) is 19.9 Å². The van der Waals surface area contributed by atoms with Crippen LogP contribution in [0.2, 0.25) is 0 Å². The summed E-state index contributed by atoms with van der Waals surface area (Å²) in [5, 5.41) is 8.46. The Kier molecular flexibility index (Phi) is 5.86. The third-order valence-electron chi connectivity index (χ3n) is 5.36. The molecule has 0 saturated carbocycles. The normalized spacial score (nSPS) is 14.4. The Labute approximate surface area is 176 Å². The summed E-state index contributed by atoms with van der Waals surface area (Å²) < 4.78 is 7.24. The zero-order valence-corrected chi connectivity index (χ0v) is 17.7. The van der Waals surface area contributed by atoms with Crippen LogP contribution in [-0.2, 0) is 12.5 Å². The fourth-order valence-corrected chi connectivity index (χ4v) is 3.18. The maximum atomic E-state index is 5.75. The number of hydrogen-bond acceptors (Lipinski definition) is 7. The quantitative estimate of drug-likeness (QED) is 0.582. The van der Waals surface area contributed by atoms with Crippen molar-refractivity contribution in [2.45, 2.75) is 26.2 Å². The Bertz CT molecular complexity index is 1090. The first kappa shape index (κ1) is 21.0. The molecule has 0 spiro atoms. The van der Waals surface area contributed by atoms with Crippen LogP contribution in [0.5, 0.6) is 0 Å². The van der Waals surface area contributed by atoms with Gasteiger partial charge in [-0.05, 0) is 24.0 Å². The van der Waals surface area contributed by atoms with Gasteiger partial charge in [-0.15, -0.1) is 0 Å². The van der Waals surface area contributed by atoms with Crippen molar-refractivity contribution in [2.75, 3.05) is 0 Å². The molecule has 0 aliphatic rings. The predicted molar refractivity (Wildman–Crippen MR) is 118 cm³/mol. The van der Waals surface area contributed by atoms with Gasteiger partial charge >= 0.3 is 0 Å². The van der Waals surface area contributed by atoms with Gasteiger partial charge < -0.3 is 16.0 Å². The van der Waals surface area contributed by atoms with Crippen LogP contribution in [0.1, 0.15) is 37.7 Å². The molecule has 2 aromatic heterocycles. The highest BCUT2D eigenvalue weighted by Crippen LogP contribution is 2.38. The number of aryl methyl sites for hydroxylation is 1. The molecule has 1 aromatic carbocycles. The van der Waals surface area contributed by atoms with Gasteiger partial charge in [0.15, 0.2) is 5.82 Å². The Morgan fingerprint density at radius 1 is 1.30 bits per heavy atom. The Hall–Kier alpha value is -3.68. The standard InChI is InChI=1S/C22H27N7O/c1-14(2)22(4,21-27-20(30-28-21)18-12-26-29(5)13-18)19-8-6-16(7-9-19)17(10-23)11-25-15(3)24/h6-14H,3,23-24H2,1-2,4-5H3/b17-10+,25-11-/t22-/m1/s1. The number of allylic oxidation sites excluding steroid dienone is 1. The molecule has 0 bridgehead atoms. The van der Waals surface area contributed by atoms with E-state index in [1.165, 1.54) is 6.20 Å². The molecule has 0 radical (unpaired) electrons. The summed E-state index contributed by atoms with van der Waals surface area (Å²) in [6, 6.07) is 8.07. The molecule has 0 unspecified atom stereocenters. The summed E-state index contributed by atoms with van der Waals surface area (Å²) >= 11 is 0. The molecule has 3 rings (SSSR count). The summed E-state index contributed by atoms with van der Waals surface area (Å²) in [5.41, 5.74) is 14.3. The molecule has 3 aromatic rings. The number of aromatic nitrogens is 4. The molecular weight excluding hydrogens is 378 g/mol. The molecule has 156 valence electrons. The topological polar surface area (TPSA) is 121 Å². The number of benzene rings is 1. The Morgan fingerprint density at radius 2 is 2.00 bits per heavy atom. The summed E-state index contributed by atoms with van der Waals surface area (Å²) in [6.07, 6.45) is 6.63. The summed E-state index contributed by atoms with van der Waals surface area (Å²) in [5.74, 6) is 1.52. The smallest absolute Gasteiger partial charge is 0.261 e. The summed E-state index contributed by atoms with van der Waals surface area (Å²) in [6.45, 7) is 9.95. The molecule has 0 saturated heterocycles. The van der Waals surface area contributed by atoms with Gasteiger partial charge in [0.25, 0.3) is 5.89 Å². The van der Waals surface area contributed by atoms with Crippen molar-refractivity contribution in [3.8, 4) is 11.5 Å². The lowest BCUT2D eigenvalue weighted by Crippen LogP contribution is -2.31. The van der Waals surface area contributed by atoms with Gasteiger partial charge in [0, 0.05) is 31.2 Å². The molecule has 2 heterocycles. The highest BCUT2D eigenvalue weighted by atomic mass is 16.5. The molecule has 0 fully saturated rings. The minimum atomic E-state index is -0.450. The number of aliphatic imine (C=N–C) groups is 1. The molecule has 0 aliphatic carbocycles.